The molecule has 0 spiro atoms. The molecule has 0 aliphatic carbocycles. The number of ether oxygens (including phenoxy) is 4. The Balaban J connectivity index is 1.48. The third-order valence-corrected chi connectivity index (χ3v) is 4.17. The molecule has 7 heteroatoms. The van der Waals surface area contributed by atoms with E-state index in [1.54, 1.807) is 27.0 Å². The molecule has 0 bridgehead atoms. The van der Waals surface area contributed by atoms with Crippen molar-refractivity contribution in [1.82, 2.24) is 15.0 Å². The Kier molecular flexibility index (Phi) is 5.93. The Hall–Kier alpha value is -4.13. The van der Waals surface area contributed by atoms with Gasteiger partial charge in [-0.05, 0) is 50.2 Å². The van der Waals surface area contributed by atoms with Gasteiger partial charge in [0.25, 0.3) is 0 Å². The second-order valence-electron chi connectivity index (χ2n) is 6.65. The summed E-state index contributed by atoms with van der Waals surface area (Å²) in [5, 5.41) is 0. The summed E-state index contributed by atoms with van der Waals surface area (Å²) in [4.78, 5) is 12.5. The van der Waals surface area contributed by atoms with Crippen LogP contribution in [0.15, 0.2) is 72.8 Å². The number of nitrogens with zero attached hydrogens (tertiary/aromatic N) is 3. The second-order valence-corrected chi connectivity index (χ2v) is 6.65. The van der Waals surface area contributed by atoms with E-state index in [0.717, 1.165) is 5.75 Å². The summed E-state index contributed by atoms with van der Waals surface area (Å²) >= 11 is 0. The van der Waals surface area contributed by atoms with Gasteiger partial charge in [-0.25, -0.2) is 4.98 Å². The van der Waals surface area contributed by atoms with Gasteiger partial charge in [-0.15, -0.1) is 0 Å². The summed E-state index contributed by atoms with van der Waals surface area (Å²) in [6.07, 6.45) is 0. The molecule has 0 saturated heterocycles. The van der Waals surface area contributed by atoms with Crippen LogP contribution in [0.2, 0.25) is 0 Å². The van der Waals surface area contributed by atoms with E-state index in [0.29, 0.717) is 40.4 Å². The second kappa shape index (κ2) is 9.13. The summed E-state index contributed by atoms with van der Waals surface area (Å²) in [6.45, 7) is 3.59. The third-order valence-electron chi connectivity index (χ3n) is 4.17. The van der Waals surface area contributed by atoms with Crippen LogP contribution in [0.5, 0.6) is 40.5 Å². The van der Waals surface area contributed by atoms with Crippen LogP contribution in [-0.4, -0.2) is 22.1 Å². The summed E-state index contributed by atoms with van der Waals surface area (Å²) in [5.41, 5.74) is 0. The predicted molar refractivity (Wildman–Crippen MR) is 115 cm³/mol. The smallest absolute Gasteiger partial charge is 0.325 e. The van der Waals surface area contributed by atoms with Gasteiger partial charge in [-0.2, -0.15) is 9.97 Å². The highest BCUT2D eigenvalue weighted by Gasteiger charge is 2.07. The van der Waals surface area contributed by atoms with Gasteiger partial charge in [-0.3, -0.25) is 0 Å². The van der Waals surface area contributed by atoms with Crippen LogP contribution in [0.25, 0.3) is 0 Å². The fourth-order valence-electron chi connectivity index (χ4n) is 2.88. The van der Waals surface area contributed by atoms with E-state index in [1.807, 2.05) is 66.7 Å². The number of hydrogen-bond donors (Lipinski definition) is 0. The zero-order valence-electron chi connectivity index (χ0n) is 17.4. The Morgan fingerprint density at radius 3 is 1.35 bits per heavy atom. The normalized spacial score (nSPS) is 10.4. The van der Waals surface area contributed by atoms with Crippen molar-refractivity contribution in [3.8, 4) is 40.5 Å². The summed E-state index contributed by atoms with van der Waals surface area (Å²) in [6, 6.07) is 22.3. The van der Waals surface area contributed by atoms with Gasteiger partial charge in [0, 0.05) is 18.2 Å². The van der Waals surface area contributed by atoms with Crippen molar-refractivity contribution in [2.45, 2.75) is 13.8 Å². The molecular weight excluding hydrogens is 394 g/mol. The summed E-state index contributed by atoms with van der Waals surface area (Å²) < 4.78 is 22.9. The number of benzene rings is 3. The Bertz CT molecular complexity index is 1180. The van der Waals surface area contributed by atoms with Crippen LogP contribution in [0.4, 0.5) is 0 Å². The molecule has 3 aromatic carbocycles. The number of aromatic nitrogens is 3. The van der Waals surface area contributed by atoms with Gasteiger partial charge in [0.15, 0.2) is 0 Å². The molecule has 0 aliphatic rings. The Morgan fingerprint density at radius 1 is 0.516 bits per heavy atom. The van der Waals surface area contributed by atoms with Gasteiger partial charge in [0.1, 0.15) is 46.1 Å². The average Bonchev–Trinajstić information content (AvgIpc) is 2.74. The first-order valence-corrected chi connectivity index (χ1v) is 9.64. The van der Waals surface area contributed by atoms with Gasteiger partial charge >= 0.3 is 6.01 Å². The van der Waals surface area contributed by atoms with Crippen LogP contribution in [0.1, 0.15) is 11.6 Å². The van der Waals surface area contributed by atoms with Gasteiger partial charge < -0.3 is 18.9 Å². The van der Waals surface area contributed by atoms with Crippen molar-refractivity contribution in [2.24, 2.45) is 0 Å². The molecule has 4 aromatic rings. The number of aryl methyl sites for hydroxylation is 2. The van der Waals surface area contributed by atoms with Crippen molar-refractivity contribution in [3.05, 3.63) is 84.4 Å². The molecule has 7 nitrogen and oxygen atoms in total. The molecule has 0 saturated carbocycles. The lowest BCUT2D eigenvalue weighted by Crippen LogP contribution is -1.99. The fourth-order valence-corrected chi connectivity index (χ4v) is 2.88. The van der Waals surface area contributed by atoms with E-state index >= 15 is 0 Å². The molecule has 0 unspecified atom stereocenters. The maximum absolute atomic E-state index is 5.99. The van der Waals surface area contributed by atoms with E-state index in [4.69, 9.17) is 18.9 Å². The number of hydrogen-bond acceptors (Lipinski definition) is 7. The third kappa shape index (κ3) is 5.48. The maximum Gasteiger partial charge on any atom is 0.325 e. The SMILES string of the molecule is COc1cccc(Oc2cccc(Oc3cccc(Oc4nc(C)nc(C)n4)c3)c2)c1. The first-order chi connectivity index (χ1) is 15.1. The largest absolute Gasteiger partial charge is 0.497 e. The van der Waals surface area contributed by atoms with Crippen LogP contribution < -0.4 is 18.9 Å². The van der Waals surface area contributed by atoms with Crippen LogP contribution >= 0.6 is 0 Å². The standard InChI is InChI=1S/C24H21N3O4/c1-16-25-17(2)27-24(26-16)31-23-12-6-11-22(15-23)30-21-10-5-9-20(14-21)29-19-8-4-7-18(13-19)28-3/h4-15H,1-3H3. The van der Waals surface area contributed by atoms with Gasteiger partial charge in [-0.1, -0.05) is 18.2 Å². The monoisotopic (exact) mass is 415 g/mol. The van der Waals surface area contributed by atoms with Gasteiger partial charge in [0.05, 0.1) is 7.11 Å². The topological polar surface area (TPSA) is 75.6 Å². The van der Waals surface area contributed by atoms with Crippen LogP contribution in [-0.2, 0) is 0 Å². The molecule has 0 radical (unpaired) electrons. The Morgan fingerprint density at radius 2 is 0.903 bits per heavy atom. The molecule has 0 aliphatic heterocycles. The van der Waals surface area contributed by atoms with Crippen molar-refractivity contribution in [2.75, 3.05) is 7.11 Å². The van der Waals surface area contributed by atoms with Crippen molar-refractivity contribution >= 4 is 0 Å². The molecule has 0 N–H and O–H groups in total. The number of rotatable bonds is 7. The number of methoxy groups -OCH3 is 1. The lowest BCUT2D eigenvalue weighted by Gasteiger charge is -2.11. The molecular formula is C24H21N3O4. The minimum Gasteiger partial charge on any atom is -0.497 e. The predicted octanol–water partition coefficient (Wildman–Crippen LogP) is 5.87. The molecule has 1 aromatic heterocycles. The summed E-state index contributed by atoms with van der Waals surface area (Å²) in [7, 11) is 1.62. The first-order valence-electron chi connectivity index (χ1n) is 9.64. The van der Waals surface area contributed by atoms with Crippen LogP contribution in [0.3, 0.4) is 0 Å². The maximum atomic E-state index is 5.99. The molecule has 0 amide bonds. The lowest BCUT2D eigenvalue weighted by molar-refractivity contribution is 0.408. The van der Waals surface area contributed by atoms with E-state index in [1.165, 1.54) is 0 Å². The van der Waals surface area contributed by atoms with E-state index in [9.17, 15) is 0 Å². The zero-order chi connectivity index (χ0) is 21.6. The molecule has 0 atom stereocenters. The van der Waals surface area contributed by atoms with E-state index in [-0.39, 0.29) is 6.01 Å². The lowest BCUT2D eigenvalue weighted by atomic mass is 10.3. The highest BCUT2D eigenvalue weighted by molar-refractivity contribution is 5.42. The minimum atomic E-state index is 0.246. The first kappa shape index (κ1) is 20.2. The highest BCUT2D eigenvalue weighted by atomic mass is 16.5. The molecule has 0 fully saturated rings. The van der Waals surface area contributed by atoms with Crippen molar-refractivity contribution in [3.63, 3.8) is 0 Å². The molecule has 156 valence electrons. The van der Waals surface area contributed by atoms with Gasteiger partial charge in [0.2, 0.25) is 0 Å². The van der Waals surface area contributed by atoms with E-state index in [2.05, 4.69) is 15.0 Å². The quantitative estimate of drug-likeness (QED) is 0.373. The zero-order valence-corrected chi connectivity index (χ0v) is 17.4. The van der Waals surface area contributed by atoms with Crippen molar-refractivity contribution in [1.29, 1.82) is 0 Å². The van der Waals surface area contributed by atoms with Crippen LogP contribution in [0, 0.1) is 13.8 Å². The van der Waals surface area contributed by atoms with E-state index < -0.39 is 0 Å². The highest BCUT2D eigenvalue weighted by Crippen LogP contribution is 2.31. The molecule has 4 rings (SSSR count). The average molecular weight is 415 g/mol. The molecule has 1 heterocycles. The minimum absolute atomic E-state index is 0.246. The molecule has 31 heavy (non-hydrogen) atoms. The van der Waals surface area contributed by atoms with Crippen molar-refractivity contribution < 1.29 is 18.9 Å². The fraction of sp³-hybridized carbons (Fsp3) is 0.125. The Labute approximate surface area is 180 Å². The summed E-state index contributed by atoms with van der Waals surface area (Å²) in [5.74, 6) is 5.05.